The Morgan fingerprint density at radius 1 is 1.13 bits per heavy atom. The highest BCUT2D eigenvalue weighted by molar-refractivity contribution is 7.89. The van der Waals surface area contributed by atoms with Crippen LogP contribution in [-0.4, -0.2) is 60.0 Å². The molecule has 1 fully saturated rings. The summed E-state index contributed by atoms with van der Waals surface area (Å²) in [5.41, 5.74) is 5.40. The van der Waals surface area contributed by atoms with Gasteiger partial charge in [0.25, 0.3) is 0 Å². The zero-order valence-electron chi connectivity index (χ0n) is 12.8. The molecule has 2 rings (SSSR count). The third-order valence-electron chi connectivity index (χ3n) is 3.45. The number of nitrogens with one attached hydrogen (secondary N) is 1. The Bertz CT molecular complexity index is 725. The molecule has 1 heterocycles. The fourth-order valence-electron chi connectivity index (χ4n) is 2.11. The second-order valence-corrected chi connectivity index (χ2v) is 8.90. The summed E-state index contributed by atoms with van der Waals surface area (Å²) in [5, 5.41) is 0. The molecule has 0 unspecified atom stereocenters. The summed E-state index contributed by atoms with van der Waals surface area (Å²) in [4.78, 5) is 0.0592. The van der Waals surface area contributed by atoms with Crippen LogP contribution < -0.4 is 10.5 Å². The van der Waals surface area contributed by atoms with Crippen molar-refractivity contribution in [2.24, 2.45) is 5.73 Å². The molecule has 1 atom stereocenters. The van der Waals surface area contributed by atoms with E-state index in [2.05, 4.69) is 4.72 Å². The third-order valence-corrected chi connectivity index (χ3v) is 6.97. The van der Waals surface area contributed by atoms with Crippen LogP contribution in [0.25, 0.3) is 0 Å². The number of hydrogen-bond donors (Lipinski definition) is 2. The van der Waals surface area contributed by atoms with E-state index in [1.807, 2.05) is 0 Å². The van der Waals surface area contributed by atoms with Crippen molar-refractivity contribution < 1.29 is 21.6 Å². The van der Waals surface area contributed by atoms with Crippen molar-refractivity contribution in [3.8, 4) is 0 Å². The normalized spacial score (nSPS) is 18.7. The smallest absolute Gasteiger partial charge is 0.243 e. The van der Waals surface area contributed by atoms with E-state index in [-0.39, 0.29) is 29.4 Å². The molecule has 1 aliphatic heterocycles. The molecule has 130 valence electrons. The van der Waals surface area contributed by atoms with Crippen LogP contribution in [0.5, 0.6) is 0 Å². The zero-order valence-corrected chi connectivity index (χ0v) is 14.4. The average molecular weight is 363 g/mol. The standard InChI is InChI=1S/C13H21N3O5S2/c1-11(10-14)15-22(17,18)12-2-4-13(5-3-12)23(19,20)16-6-8-21-9-7-16/h2-5,11,15H,6-10,14H2,1H3/t11-/m0/s1. The van der Waals surface area contributed by atoms with Gasteiger partial charge in [0.2, 0.25) is 20.0 Å². The van der Waals surface area contributed by atoms with Gasteiger partial charge in [-0.05, 0) is 31.2 Å². The number of hydrogen-bond acceptors (Lipinski definition) is 6. The molecule has 0 aliphatic carbocycles. The quantitative estimate of drug-likeness (QED) is 0.692. The summed E-state index contributed by atoms with van der Waals surface area (Å²) in [7, 11) is -7.35. The van der Waals surface area contributed by atoms with E-state index in [1.54, 1.807) is 6.92 Å². The summed E-state index contributed by atoms with van der Waals surface area (Å²) < 4.78 is 58.0. The molecule has 1 aromatic rings. The largest absolute Gasteiger partial charge is 0.379 e. The van der Waals surface area contributed by atoms with Gasteiger partial charge in [-0.3, -0.25) is 0 Å². The van der Waals surface area contributed by atoms with Crippen molar-refractivity contribution in [3.05, 3.63) is 24.3 Å². The minimum absolute atomic E-state index is 0.00118. The first-order valence-electron chi connectivity index (χ1n) is 7.18. The fourth-order valence-corrected chi connectivity index (χ4v) is 4.77. The maximum absolute atomic E-state index is 12.5. The molecule has 0 saturated carbocycles. The highest BCUT2D eigenvalue weighted by Gasteiger charge is 2.27. The molecule has 0 aromatic heterocycles. The molecular weight excluding hydrogens is 342 g/mol. The van der Waals surface area contributed by atoms with Crippen LogP contribution in [-0.2, 0) is 24.8 Å². The van der Waals surface area contributed by atoms with Gasteiger partial charge in [0.05, 0.1) is 23.0 Å². The summed E-state index contributed by atoms with van der Waals surface area (Å²) in [6.07, 6.45) is 0. The van der Waals surface area contributed by atoms with E-state index in [9.17, 15) is 16.8 Å². The topological polar surface area (TPSA) is 119 Å². The first kappa shape index (κ1) is 18.3. The minimum atomic E-state index is -3.72. The van der Waals surface area contributed by atoms with Gasteiger partial charge < -0.3 is 10.5 Å². The van der Waals surface area contributed by atoms with Gasteiger partial charge in [-0.15, -0.1) is 0 Å². The van der Waals surface area contributed by atoms with E-state index >= 15 is 0 Å². The van der Waals surface area contributed by atoms with Crippen molar-refractivity contribution in [2.75, 3.05) is 32.8 Å². The van der Waals surface area contributed by atoms with E-state index in [0.29, 0.717) is 13.2 Å². The van der Waals surface area contributed by atoms with Gasteiger partial charge in [-0.1, -0.05) is 0 Å². The number of sulfonamides is 2. The number of nitrogens with two attached hydrogens (primary N) is 1. The molecule has 10 heteroatoms. The molecule has 1 aliphatic rings. The van der Waals surface area contributed by atoms with Crippen LogP contribution in [0, 0.1) is 0 Å². The van der Waals surface area contributed by atoms with E-state index in [1.165, 1.54) is 28.6 Å². The Kier molecular flexibility index (Phi) is 5.76. The van der Waals surface area contributed by atoms with Crippen molar-refractivity contribution in [3.63, 3.8) is 0 Å². The first-order valence-corrected chi connectivity index (χ1v) is 10.1. The number of benzene rings is 1. The minimum Gasteiger partial charge on any atom is -0.379 e. The van der Waals surface area contributed by atoms with Gasteiger partial charge in [-0.25, -0.2) is 21.6 Å². The van der Waals surface area contributed by atoms with Crippen molar-refractivity contribution in [2.45, 2.75) is 22.8 Å². The molecule has 8 nitrogen and oxygen atoms in total. The Hall–Kier alpha value is -1.04. The molecule has 0 spiro atoms. The van der Waals surface area contributed by atoms with Crippen molar-refractivity contribution in [1.29, 1.82) is 0 Å². The van der Waals surface area contributed by atoms with Gasteiger partial charge in [-0.2, -0.15) is 4.31 Å². The number of ether oxygens (including phenoxy) is 1. The van der Waals surface area contributed by atoms with Crippen molar-refractivity contribution >= 4 is 20.0 Å². The average Bonchev–Trinajstić information content (AvgIpc) is 2.55. The lowest BCUT2D eigenvalue weighted by molar-refractivity contribution is 0.0730. The molecule has 1 saturated heterocycles. The molecule has 0 radical (unpaired) electrons. The lowest BCUT2D eigenvalue weighted by atomic mass is 10.4. The van der Waals surface area contributed by atoms with Crippen LogP contribution in [0.15, 0.2) is 34.1 Å². The lowest BCUT2D eigenvalue weighted by Gasteiger charge is -2.26. The second kappa shape index (κ2) is 7.24. The molecule has 3 N–H and O–H groups in total. The predicted molar refractivity (Wildman–Crippen MR) is 84.9 cm³/mol. The lowest BCUT2D eigenvalue weighted by Crippen LogP contribution is -2.40. The van der Waals surface area contributed by atoms with Gasteiger partial charge >= 0.3 is 0 Å². The third kappa shape index (κ3) is 4.28. The van der Waals surface area contributed by atoms with Crippen LogP contribution >= 0.6 is 0 Å². The van der Waals surface area contributed by atoms with Crippen LogP contribution in [0.3, 0.4) is 0 Å². The molecule has 0 amide bonds. The molecular formula is C13H21N3O5S2. The van der Waals surface area contributed by atoms with Gasteiger partial charge in [0.1, 0.15) is 0 Å². The summed E-state index contributed by atoms with van der Waals surface area (Å²) in [6.45, 7) is 3.10. The van der Waals surface area contributed by atoms with E-state index < -0.39 is 26.1 Å². The number of rotatable bonds is 6. The SMILES string of the molecule is C[C@@H](CN)NS(=O)(=O)c1ccc(S(=O)(=O)N2CCOCC2)cc1. The van der Waals surface area contributed by atoms with Crippen LogP contribution in [0.2, 0.25) is 0 Å². The number of morpholine rings is 1. The van der Waals surface area contributed by atoms with E-state index in [4.69, 9.17) is 10.5 Å². The Morgan fingerprint density at radius 3 is 2.17 bits per heavy atom. The highest BCUT2D eigenvalue weighted by atomic mass is 32.2. The Labute approximate surface area is 136 Å². The summed E-state index contributed by atoms with van der Waals surface area (Å²) >= 11 is 0. The predicted octanol–water partition coefficient (Wildman–Crippen LogP) is -0.667. The van der Waals surface area contributed by atoms with Crippen molar-refractivity contribution in [1.82, 2.24) is 9.03 Å². The van der Waals surface area contributed by atoms with Gasteiger partial charge in [0, 0.05) is 25.7 Å². The highest BCUT2D eigenvalue weighted by Crippen LogP contribution is 2.19. The summed E-state index contributed by atoms with van der Waals surface area (Å²) in [6, 6.07) is 4.74. The van der Waals surface area contributed by atoms with E-state index in [0.717, 1.165) is 0 Å². The molecule has 0 bridgehead atoms. The first-order chi connectivity index (χ1) is 10.8. The molecule has 1 aromatic carbocycles. The summed E-state index contributed by atoms with van der Waals surface area (Å²) in [5.74, 6) is 0. The maximum Gasteiger partial charge on any atom is 0.243 e. The van der Waals surface area contributed by atoms with Crippen LogP contribution in [0.1, 0.15) is 6.92 Å². The van der Waals surface area contributed by atoms with Gasteiger partial charge in [0.15, 0.2) is 0 Å². The molecule has 23 heavy (non-hydrogen) atoms. The second-order valence-electron chi connectivity index (χ2n) is 5.25. The monoisotopic (exact) mass is 363 g/mol. The Balaban J connectivity index is 2.22. The maximum atomic E-state index is 12.5. The Morgan fingerprint density at radius 2 is 1.65 bits per heavy atom. The fraction of sp³-hybridized carbons (Fsp3) is 0.538. The zero-order chi connectivity index (χ0) is 17.1. The number of nitrogens with zero attached hydrogens (tertiary/aromatic N) is 1. The van der Waals surface area contributed by atoms with Crippen LogP contribution in [0.4, 0.5) is 0 Å².